The van der Waals surface area contributed by atoms with Crippen LogP contribution in [0.2, 0.25) is 0 Å². The van der Waals surface area contributed by atoms with Crippen LogP contribution in [-0.4, -0.2) is 13.6 Å². The summed E-state index contributed by atoms with van der Waals surface area (Å²) in [7, 11) is -3.78. The molecule has 0 unspecified atom stereocenters. The van der Waals surface area contributed by atoms with Gasteiger partial charge in [0.05, 0.1) is 5.69 Å². The lowest BCUT2D eigenvalue weighted by Crippen LogP contribution is -2.12. The highest BCUT2D eigenvalue weighted by Gasteiger charge is 2.22. The number of aromatic nitrogens is 1. The van der Waals surface area contributed by atoms with Crippen LogP contribution < -0.4 is 4.72 Å². The molecule has 0 atom stereocenters. The van der Waals surface area contributed by atoms with Gasteiger partial charge < -0.3 is 4.52 Å². The van der Waals surface area contributed by atoms with Gasteiger partial charge in [0.1, 0.15) is 9.37 Å². The van der Waals surface area contributed by atoms with E-state index in [0.29, 0.717) is 15.0 Å². The van der Waals surface area contributed by atoms with E-state index < -0.39 is 10.0 Å². The quantitative estimate of drug-likeness (QED) is 0.602. The molecule has 0 aliphatic carbocycles. The Morgan fingerprint density at radius 2 is 1.88 bits per heavy atom. The van der Waals surface area contributed by atoms with Gasteiger partial charge in [-0.25, -0.2) is 13.1 Å². The molecule has 0 saturated heterocycles. The molecule has 5 nitrogen and oxygen atoms in total. The zero-order valence-electron chi connectivity index (χ0n) is 13.5. The highest BCUT2D eigenvalue weighted by atomic mass is 79.9. The summed E-state index contributed by atoms with van der Waals surface area (Å²) in [4.78, 5) is 0.835. The maximum atomic E-state index is 12.7. The number of hydrogen-bond acceptors (Lipinski definition) is 5. The number of anilines is 1. The minimum atomic E-state index is -3.78. The maximum Gasteiger partial charge on any atom is 0.265 e. The molecule has 0 radical (unpaired) electrons. The molecule has 2 aromatic heterocycles. The van der Waals surface area contributed by atoms with E-state index in [1.807, 2.05) is 37.3 Å². The van der Waals surface area contributed by atoms with Crippen LogP contribution in [0.25, 0.3) is 12.2 Å². The van der Waals surface area contributed by atoms with Crippen molar-refractivity contribution in [3.05, 3.63) is 61.9 Å². The van der Waals surface area contributed by atoms with E-state index in [2.05, 4.69) is 25.8 Å². The number of aryl methyl sites for hydroxylation is 2. The zero-order valence-corrected chi connectivity index (χ0v) is 16.7. The number of rotatable bonds is 5. The lowest BCUT2D eigenvalue weighted by atomic mass is 10.1. The van der Waals surface area contributed by atoms with Gasteiger partial charge in [0.25, 0.3) is 15.9 Å². The molecule has 2 heterocycles. The van der Waals surface area contributed by atoms with Crippen LogP contribution in [0.15, 0.2) is 49.6 Å². The predicted octanol–water partition coefficient (Wildman–Crippen LogP) is 5.09. The molecule has 0 aliphatic heterocycles. The van der Waals surface area contributed by atoms with Crippen LogP contribution in [0.4, 0.5) is 5.88 Å². The maximum absolute atomic E-state index is 12.7. The Kier molecular flexibility index (Phi) is 5.12. The summed E-state index contributed by atoms with van der Waals surface area (Å²) >= 11 is 4.61. The van der Waals surface area contributed by atoms with E-state index >= 15 is 0 Å². The van der Waals surface area contributed by atoms with Crippen LogP contribution in [0.5, 0.6) is 0 Å². The van der Waals surface area contributed by atoms with Crippen molar-refractivity contribution in [2.24, 2.45) is 0 Å². The van der Waals surface area contributed by atoms with Crippen LogP contribution in [0.1, 0.15) is 21.7 Å². The van der Waals surface area contributed by atoms with Crippen molar-refractivity contribution < 1.29 is 12.9 Å². The Morgan fingerprint density at radius 3 is 2.52 bits per heavy atom. The number of sulfonamides is 1. The second-order valence-corrected chi connectivity index (χ2v) is 8.80. The summed E-state index contributed by atoms with van der Waals surface area (Å²) in [5.74, 6) is 0.0668. The molecule has 0 bridgehead atoms. The Morgan fingerprint density at radius 1 is 1.16 bits per heavy atom. The lowest BCUT2D eigenvalue weighted by Gasteiger charge is -2.04. The first-order valence-corrected chi connectivity index (χ1v) is 10.5. The number of nitrogens with zero attached hydrogens (tertiary/aromatic N) is 1. The molecule has 130 valence electrons. The van der Waals surface area contributed by atoms with E-state index in [1.165, 1.54) is 16.9 Å². The molecule has 0 amide bonds. The van der Waals surface area contributed by atoms with Gasteiger partial charge in [-0.15, -0.1) is 11.3 Å². The first-order chi connectivity index (χ1) is 11.9. The smallest absolute Gasteiger partial charge is 0.265 e. The summed E-state index contributed by atoms with van der Waals surface area (Å²) in [5, 5.41) is 5.47. The Labute approximate surface area is 158 Å². The Balaban J connectivity index is 1.87. The summed E-state index contributed by atoms with van der Waals surface area (Å²) in [6, 6.07) is 9.56. The molecule has 0 fully saturated rings. The lowest BCUT2D eigenvalue weighted by molar-refractivity contribution is 0.430. The van der Waals surface area contributed by atoms with Crippen LogP contribution >= 0.6 is 27.3 Å². The van der Waals surface area contributed by atoms with Gasteiger partial charge in [0.15, 0.2) is 0 Å². The Hall–Kier alpha value is -1.90. The van der Waals surface area contributed by atoms with E-state index in [4.69, 9.17) is 4.52 Å². The van der Waals surface area contributed by atoms with E-state index in [0.717, 1.165) is 5.56 Å². The molecule has 25 heavy (non-hydrogen) atoms. The van der Waals surface area contributed by atoms with Gasteiger partial charge in [0, 0.05) is 4.88 Å². The molecule has 1 aromatic carbocycles. The van der Waals surface area contributed by atoms with E-state index in [1.54, 1.807) is 24.4 Å². The van der Waals surface area contributed by atoms with Crippen molar-refractivity contribution in [3.63, 3.8) is 0 Å². The summed E-state index contributed by atoms with van der Waals surface area (Å²) in [5.41, 5.74) is 2.75. The van der Waals surface area contributed by atoms with Crippen LogP contribution in [0.3, 0.4) is 0 Å². The van der Waals surface area contributed by atoms with Gasteiger partial charge >= 0.3 is 0 Å². The fourth-order valence-electron chi connectivity index (χ4n) is 2.10. The van der Waals surface area contributed by atoms with Gasteiger partial charge in [-0.1, -0.05) is 41.1 Å². The summed E-state index contributed by atoms with van der Waals surface area (Å²) in [6.45, 7) is 3.73. The molecule has 0 aliphatic rings. The van der Waals surface area contributed by atoms with Crippen molar-refractivity contribution in [1.29, 1.82) is 0 Å². The highest BCUT2D eigenvalue weighted by molar-refractivity contribution is 9.10. The van der Waals surface area contributed by atoms with Crippen LogP contribution in [0, 0.1) is 13.8 Å². The summed E-state index contributed by atoms with van der Waals surface area (Å²) < 4.78 is 33.2. The number of halogens is 1. The van der Waals surface area contributed by atoms with E-state index in [9.17, 15) is 8.42 Å². The minimum absolute atomic E-state index is 0.0668. The van der Waals surface area contributed by atoms with Crippen LogP contribution in [-0.2, 0) is 10.0 Å². The third-order valence-corrected chi connectivity index (χ3v) is 6.80. The molecule has 8 heteroatoms. The van der Waals surface area contributed by atoms with Gasteiger partial charge in [-0.05, 0) is 52.9 Å². The van der Waals surface area contributed by atoms with Crippen molar-refractivity contribution in [3.8, 4) is 0 Å². The topological polar surface area (TPSA) is 72.2 Å². The first kappa shape index (κ1) is 17.9. The first-order valence-electron chi connectivity index (χ1n) is 7.33. The molecule has 0 saturated carbocycles. The SMILES string of the molecule is Cc1ccc(/C=C/c2sccc2S(=O)(=O)Nc2onc(C)c2Br)cc1. The van der Waals surface area contributed by atoms with Crippen molar-refractivity contribution in [2.45, 2.75) is 18.7 Å². The largest absolute Gasteiger partial charge is 0.336 e. The molecular weight excluding hydrogens is 424 g/mol. The number of nitrogens with one attached hydrogen (secondary N) is 1. The highest BCUT2D eigenvalue weighted by Crippen LogP contribution is 2.30. The fraction of sp³-hybridized carbons (Fsp3) is 0.118. The molecule has 1 N–H and O–H groups in total. The van der Waals surface area contributed by atoms with Gasteiger partial charge in [-0.2, -0.15) is 0 Å². The Bertz CT molecular complexity index is 1020. The molecular formula is C17H15BrN2O3S2. The monoisotopic (exact) mass is 438 g/mol. The van der Waals surface area contributed by atoms with Crippen molar-refractivity contribution in [2.75, 3.05) is 4.72 Å². The number of benzene rings is 1. The third kappa shape index (κ3) is 4.02. The predicted molar refractivity (Wildman–Crippen MR) is 104 cm³/mol. The average molecular weight is 439 g/mol. The molecule has 0 spiro atoms. The third-order valence-electron chi connectivity index (χ3n) is 3.47. The molecule has 3 aromatic rings. The van der Waals surface area contributed by atoms with Crippen molar-refractivity contribution in [1.82, 2.24) is 5.16 Å². The number of hydrogen-bond donors (Lipinski definition) is 1. The fourth-order valence-corrected chi connectivity index (χ4v) is 4.79. The normalized spacial score (nSPS) is 12.0. The second-order valence-electron chi connectivity index (χ2n) is 5.41. The van der Waals surface area contributed by atoms with E-state index in [-0.39, 0.29) is 10.8 Å². The number of thiophene rings is 1. The summed E-state index contributed by atoms with van der Waals surface area (Å²) in [6.07, 6.45) is 3.68. The average Bonchev–Trinajstić information content (AvgIpc) is 3.17. The second kappa shape index (κ2) is 7.15. The van der Waals surface area contributed by atoms with Gasteiger partial charge in [0.2, 0.25) is 0 Å². The minimum Gasteiger partial charge on any atom is -0.336 e. The standard InChI is InChI=1S/C17H15BrN2O3S2/c1-11-3-5-13(6-4-11)7-8-14-15(9-10-24-14)25(21,22)20-17-16(18)12(2)19-23-17/h3-10,20H,1-2H3/b8-7+. The van der Waals surface area contributed by atoms with Gasteiger partial charge in [-0.3, -0.25) is 0 Å². The zero-order chi connectivity index (χ0) is 18.0. The molecule has 3 rings (SSSR count). The van der Waals surface area contributed by atoms with Crippen molar-refractivity contribution >= 4 is 55.3 Å².